The van der Waals surface area contributed by atoms with E-state index >= 15 is 0 Å². The van der Waals surface area contributed by atoms with Crippen LogP contribution in [0.4, 0.5) is 34.6 Å². The molecule has 17 heteroatoms. The molecular formula is C42H48N14O3. The number of hydrogen-bond donors (Lipinski definition) is 3. The van der Waals surface area contributed by atoms with Gasteiger partial charge in [-0.25, -0.2) is 9.97 Å². The molecule has 4 aromatic heterocycles. The van der Waals surface area contributed by atoms with Crippen molar-refractivity contribution in [2.24, 2.45) is 0 Å². The van der Waals surface area contributed by atoms with E-state index in [-0.39, 0.29) is 41.2 Å². The molecule has 3 amide bonds. The van der Waals surface area contributed by atoms with E-state index in [4.69, 9.17) is 10.1 Å². The van der Waals surface area contributed by atoms with Gasteiger partial charge in [-0.15, -0.1) is 10.2 Å². The number of benzene rings is 1. The van der Waals surface area contributed by atoms with Gasteiger partial charge in [-0.3, -0.25) is 19.1 Å². The smallest absolute Gasteiger partial charge is 0.273 e. The second-order valence-corrected chi connectivity index (χ2v) is 15.7. The van der Waals surface area contributed by atoms with Gasteiger partial charge in [0.1, 0.15) is 17.2 Å². The summed E-state index contributed by atoms with van der Waals surface area (Å²) >= 11 is 0. The Labute approximate surface area is 342 Å². The number of para-hydroxylation sites is 1. The molecule has 17 nitrogen and oxygen atoms in total. The standard InChI is InChI=1S/C42H48N14O3/c1-25-20-34(49-42(45-25)54-18-6-5-7-19-54)48-35-21-33(36(51-50-35)39(57)43-3)46-30-13-10-12-28-29-22-44-56(37(29)26(2)52(4)38(28)30)27-23-55(24-27)41(59)32-15-11-14-31(47-32)40(58)53-16-8-9-17-53/h10-15,20-22,26-27H,5-9,16-19,23-24H2,1-4H3,(H,43,57)(H2,45,46,48,49,50). The molecule has 0 aliphatic carbocycles. The number of nitrogens with one attached hydrogen (secondary N) is 3. The fourth-order valence-corrected chi connectivity index (χ4v) is 8.56. The Morgan fingerprint density at radius 1 is 0.746 bits per heavy atom. The summed E-state index contributed by atoms with van der Waals surface area (Å²) in [6.07, 6.45) is 7.31. The maximum Gasteiger partial charge on any atom is 0.273 e. The van der Waals surface area contributed by atoms with Crippen LogP contribution in [-0.2, 0) is 0 Å². The summed E-state index contributed by atoms with van der Waals surface area (Å²) in [6.45, 7) is 8.33. The van der Waals surface area contributed by atoms with Gasteiger partial charge < -0.3 is 35.6 Å². The van der Waals surface area contributed by atoms with Crippen LogP contribution in [0.2, 0.25) is 0 Å². The summed E-state index contributed by atoms with van der Waals surface area (Å²) in [7, 11) is 3.61. The van der Waals surface area contributed by atoms with Crippen molar-refractivity contribution in [3.8, 4) is 11.1 Å². The Morgan fingerprint density at radius 2 is 1.46 bits per heavy atom. The molecule has 1 aromatic carbocycles. The number of aromatic nitrogens is 7. The van der Waals surface area contributed by atoms with E-state index in [1.807, 2.05) is 43.0 Å². The van der Waals surface area contributed by atoms with Crippen LogP contribution < -0.4 is 25.8 Å². The molecule has 3 N–H and O–H groups in total. The molecule has 0 spiro atoms. The quantitative estimate of drug-likeness (QED) is 0.179. The summed E-state index contributed by atoms with van der Waals surface area (Å²) in [6, 6.07) is 14.7. The Hall–Kier alpha value is -6.65. The SMILES string of the molecule is CNC(=O)c1nnc(Nc2cc(C)nc(N3CCCCC3)n2)cc1Nc1cccc2c1N(C)C(C)c1c-2cnn1C1CN(C(=O)c2cccc(C(=O)N3CCCC3)n2)C1. The first-order valence-electron chi connectivity index (χ1n) is 20.4. The minimum absolute atomic E-state index is 0.0191. The first-order chi connectivity index (χ1) is 28.7. The van der Waals surface area contributed by atoms with Gasteiger partial charge in [0.15, 0.2) is 11.5 Å². The third-order valence-corrected chi connectivity index (χ3v) is 11.8. The van der Waals surface area contributed by atoms with Crippen molar-refractivity contribution in [2.45, 2.75) is 58.0 Å². The summed E-state index contributed by atoms with van der Waals surface area (Å²) in [4.78, 5) is 61.5. The third kappa shape index (κ3) is 7.14. The van der Waals surface area contributed by atoms with E-state index in [2.05, 4.69) is 58.9 Å². The molecule has 0 bridgehead atoms. The van der Waals surface area contributed by atoms with Crippen LogP contribution in [0.15, 0.2) is 54.7 Å². The zero-order valence-electron chi connectivity index (χ0n) is 33.8. The highest BCUT2D eigenvalue weighted by Crippen LogP contribution is 2.49. The fraction of sp³-hybridized carbons (Fsp3) is 0.405. The zero-order valence-corrected chi connectivity index (χ0v) is 33.8. The molecule has 8 heterocycles. The highest BCUT2D eigenvalue weighted by Gasteiger charge is 2.39. The molecule has 59 heavy (non-hydrogen) atoms. The summed E-state index contributed by atoms with van der Waals surface area (Å²) in [5.74, 6) is 1.00. The Kier molecular flexibility index (Phi) is 10.0. The monoisotopic (exact) mass is 796 g/mol. The number of aryl methyl sites for hydroxylation is 1. The van der Waals surface area contributed by atoms with Crippen LogP contribution in [0.5, 0.6) is 0 Å². The summed E-state index contributed by atoms with van der Waals surface area (Å²) in [5.41, 5.74) is 6.79. The van der Waals surface area contributed by atoms with E-state index in [0.29, 0.717) is 42.1 Å². The van der Waals surface area contributed by atoms with E-state index < -0.39 is 0 Å². The highest BCUT2D eigenvalue weighted by atomic mass is 16.2. The number of pyridine rings is 1. The largest absolute Gasteiger partial charge is 0.364 e. The summed E-state index contributed by atoms with van der Waals surface area (Å²) < 4.78 is 2.05. The van der Waals surface area contributed by atoms with E-state index in [1.165, 1.54) is 6.42 Å². The lowest BCUT2D eigenvalue weighted by atomic mass is 9.93. The van der Waals surface area contributed by atoms with Crippen molar-refractivity contribution >= 4 is 52.4 Å². The van der Waals surface area contributed by atoms with E-state index in [1.54, 1.807) is 41.1 Å². The minimum Gasteiger partial charge on any atom is -0.364 e. The number of likely N-dealkylation sites (tertiary alicyclic amines) is 2. The van der Waals surface area contributed by atoms with Gasteiger partial charge in [0.05, 0.1) is 41.0 Å². The van der Waals surface area contributed by atoms with Crippen molar-refractivity contribution in [1.82, 2.24) is 50.0 Å². The van der Waals surface area contributed by atoms with Crippen molar-refractivity contribution < 1.29 is 14.4 Å². The first-order valence-corrected chi connectivity index (χ1v) is 20.4. The van der Waals surface area contributed by atoms with E-state index in [9.17, 15) is 14.4 Å². The maximum absolute atomic E-state index is 13.5. The normalized spacial score (nSPS) is 17.6. The van der Waals surface area contributed by atoms with Crippen LogP contribution >= 0.6 is 0 Å². The average molecular weight is 797 g/mol. The lowest BCUT2D eigenvalue weighted by molar-refractivity contribution is 0.0488. The number of nitrogens with zero attached hydrogens (tertiary/aromatic N) is 11. The summed E-state index contributed by atoms with van der Waals surface area (Å²) in [5, 5.41) is 23.1. The number of piperidine rings is 1. The second kappa shape index (κ2) is 15.6. The van der Waals surface area contributed by atoms with Crippen molar-refractivity contribution in [3.05, 3.63) is 83.2 Å². The molecule has 304 valence electrons. The van der Waals surface area contributed by atoms with Gasteiger partial charge in [0.2, 0.25) is 5.95 Å². The number of hydrogen-bond acceptors (Lipinski definition) is 13. The molecular weight excluding hydrogens is 749 g/mol. The lowest BCUT2D eigenvalue weighted by Gasteiger charge is -2.42. The minimum atomic E-state index is -0.376. The van der Waals surface area contributed by atoms with Gasteiger partial charge in [-0.2, -0.15) is 10.1 Å². The van der Waals surface area contributed by atoms with Crippen molar-refractivity contribution in [2.75, 3.05) is 73.8 Å². The number of amides is 3. The molecule has 3 fully saturated rings. The van der Waals surface area contributed by atoms with Crippen LogP contribution in [0, 0.1) is 6.92 Å². The van der Waals surface area contributed by atoms with Crippen LogP contribution in [0.25, 0.3) is 11.1 Å². The van der Waals surface area contributed by atoms with Gasteiger partial charge in [-0.05, 0) is 64.2 Å². The van der Waals surface area contributed by atoms with Crippen LogP contribution in [-0.4, -0.2) is 116 Å². The number of carbonyl (C=O) groups is 3. The van der Waals surface area contributed by atoms with E-state index in [0.717, 1.165) is 85.8 Å². The first kappa shape index (κ1) is 37.9. The van der Waals surface area contributed by atoms with Gasteiger partial charge in [0, 0.05) is 82.3 Å². The average Bonchev–Trinajstić information content (AvgIpc) is 3.94. The molecule has 3 saturated heterocycles. The van der Waals surface area contributed by atoms with Crippen LogP contribution in [0.3, 0.4) is 0 Å². The predicted octanol–water partition coefficient (Wildman–Crippen LogP) is 5.11. The predicted molar refractivity (Wildman–Crippen MR) is 224 cm³/mol. The second-order valence-electron chi connectivity index (χ2n) is 15.7. The van der Waals surface area contributed by atoms with Crippen molar-refractivity contribution in [3.63, 3.8) is 0 Å². The van der Waals surface area contributed by atoms with Crippen molar-refractivity contribution in [1.29, 1.82) is 0 Å². The molecule has 0 radical (unpaired) electrons. The highest BCUT2D eigenvalue weighted by molar-refractivity contribution is 6.00. The van der Waals surface area contributed by atoms with Crippen LogP contribution in [0.1, 0.15) is 94.0 Å². The number of fused-ring (bicyclic) bond motifs is 3. The number of rotatable bonds is 9. The maximum atomic E-state index is 13.5. The molecule has 0 saturated carbocycles. The number of carbonyl (C=O) groups excluding carboxylic acids is 3. The zero-order chi connectivity index (χ0) is 40.8. The fourth-order valence-electron chi connectivity index (χ4n) is 8.56. The molecule has 1 atom stereocenters. The Balaban J connectivity index is 0.953. The number of anilines is 6. The molecule has 5 aromatic rings. The van der Waals surface area contributed by atoms with Gasteiger partial charge in [-0.1, -0.05) is 18.2 Å². The molecule has 4 aliphatic rings. The molecule has 1 unspecified atom stereocenters. The third-order valence-electron chi connectivity index (χ3n) is 11.8. The molecule has 9 rings (SSSR count). The van der Waals surface area contributed by atoms with Gasteiger partial charge in [0.25, 0.3) is 17.7 Å². The Bertz CT molecular complexity index is 2430. The lowest BCUT2D eigenvalue weighted by Crippen LogP contribution is -2.52. The van der Waals surface area contributed by atoms with Gasteiger partial charge >= 0.3 is 0 Å². The topological polar surface area (TPSA) is 183 Å². The Morgan fingerprint density at radius 3 is 2.20 bits per heavy atom. The molecule has 4 aliphatic heterocycles.